The van der Waals surface area contributed by atoms with Crippen molar-refractivity contribution in [3.8, 4) is 0 Å². The second-order valence-corrected chi connectivity index (χ2v) is 5.83. The van der Waals surface area contributed by atoms with E-state index in [1.165, 1.54) is 7.11 Å². The summed E-state index contributed by atoms with van der Waals surface area (Å²) in [6, 6.07) is 8.33. The highest BCUT2D eigenvalue weighted by Crippen LogP contribution is 2.15. The zero-order chi connectivity index (χ0) is 15.8. The molecule has 0 spiro atoms. The van der Waals surface area contributed by atoms with Crippen molar-refractivity contribution in [3.63, 3.8) is 0 Å². The molecule has 0 saturated carbocycles. The van der Waals surface area contributed by atoms with Crippen LogP contribution >= 0.6 is 12.2 Å². The van der Waals surface area contributed by atoms with Crippen LogP contribution in [-0.2, 0) is 22.5 Å². The summed E-state index contributed by atoms with van der Waals surface area (Å²) in [4.78, 5) is 14.3. The van der Waals surface area contributed by atoms with Crippen LogP contribution in [0.15, 0.2) is 24.3 Å². The van der Waals surface area contributed by atoms with Gasteiger partial charge in [0, 0.05) is 25.6 Å². The zero-order valence-electron chi connectivity index (χ0n) is 13.0. The molecule has 0 aromatic heterocycles. The van der Waals surface area contributed by atoms with Crippen LogP contribution in [0.1, 0.15) is 31.4 Å². The smallest absolute Gasteiger partial charge is 0.309 e. The molecule has 0 saturated heterocycles. The predicted molar refractivity (Wildman–Crippen MR) is 89.1 cm³/mol. The van der Waals surface area contributed by atoms with Crippen LogP contribution in [0.5, 0.6) is 0 Å². The number of carbonyl (C=O) groups is 1. The van der Waals surface area contributed by atoms with E-state index in [0.29, 0.717) is 23.9 Å². The summed E-state index contributed by atoms with van der Waals surface area (Å²) in [6.07, 6.45) is 1.00. The van der Waals surface area contributed by atoms with Crippen LogP contribution in [-0.4, -0.2) is 35.6 Å². The summed E-state index contributed by atoms with van der Waals surface area (Å²) in [7, 11) is 1.41. The van der Waals surface area contributed by atoms with Crippen LogP contribution in [0.3, 0.4) is 0 Å². The lowest BCUT2D eigenvalue weighted by Gasteiger charge is -2.27. The summed E-state index contributed by atoms with van der Waals surface area (Å²) < 4.78 is 4.75. The normalized spacial score (nSPS) is 10.9. The lowest BCUT2D eigenvalue weighted by Crippen LogP contribution is -2.33. The summed E-state index contributed by atoms with van der Waals surface area (Å²) in [5.74, 6) is -0.221. The van der Waals surface area contributed by atoms with Crippen LogP contribution < -0.4 is 5.73 Å². The lowest BCUT2D eigenvalue weighted by molar-refractivity contribution is -0.139. The first kappa shape index (κ1) is 17.6. The Balaban J connectivity index is 2.82. The molecule has 0 fully saturated rings. The summed E-state index contributed by atoms with van der Waals surface area (Å²) >= 11 is 4.95. The Morgan fingerprint density at radius 1 is 1.33 bits per heavy atom. The molecule has 0 bridgehead atoms. The van der Waals surface area contributed by atoms with Gasteiger partial charge >= 0.3 is 5.97 Å². The van der Waals surface area contributed by atoms with Gasteiger partial charge in [-0.05, 0) is 25.0 Å². The van der Waals surface area contributed by atoms with Crippen molar-refractivity contribution in [2.75, 3.05) is 13.7 Å². The Bertz CT molecular complexity index is 489. The first-order chi connectivity index (χ1) is 9.93. The van der Waals surface area contributed by atoms with Gasteiger partial charge in [-0.25, -0.2) is 0 Å². The van der Waals surface area contributed by atoms with E-state index in [1.54, 1.807) is 0 Å². The monoisotopic (exact) mass is 308 g/mol. The molecular weight excluding hydrogens is 284 g/mol. The highest BCUT2D eigenvalue weighted by Gasteiger charge is 2.14. The van der Waals surface area contributed by atoms with Gasteiger partial charge < -0.3 is 10.5 Å². The molecule has 21 heavy (non-hydrogen) atoms. The van der Waals surface area contributed by atoms with Crippen LogP contribution in [0.2, 0.25) is 0 Å². The Morgan fingerprint density at radius 3 is 2.48 bits per heavy atom. The van der Waals surface area contributed by atoms with Gasteiger partial charge in [-0.15, -0.1) is 0 Å². The molecule has 0 atom stereocenters. The van der Waals surface area contributed by atoms with E-state index in [2.05, 4.69) is 24.8 Å². The predicted octanol–water partition coefficient (Wildman–Crippen LogP) is 2.29. The molecule has 1 aromatic carbocycles. The molecule has 2 N–H and O–H groups in total. The number of benzene rings is 1. The standard InChI is InChI=1S/C16H24N2O2S/c1-12(2)18(9-8-15(17)21)11-14-7-5-4-6-13(14)10-16(19)20-3/h4-7,12H,8-11H2,1-3H3,(H2,17,21). The zero-order valence-corrected chi connectivity index (χ0v) is 13.8. The van der Waals surface area contributed by atoms with Crippen LogP contribution in [0, 0.1) is 0 Å². The number of rotatable bonds is 8. The van der Waals surface area contributed by atoms with E-state index in [1.807, 2.05) is 18.2 Å². The van der Waals surface area contributed by atoms with E-state index in [4.69, 9.17) is 22.7 Å². The molecule has 5 heteroatoms. The molecule has 0 aliphatic rings. The van der Waals surface area contributed by atoms with Crippen molar-refractivity contribution in [3.05, 3.63) is 35.4 Å². The molecular formula is C16H24N2O2S. The number of nitrogens with zero attached hydrogens (tertiary/aromatic N) is 1. The van der Waals surface area contributed by atoms with Crippen molar-refractivity contribution in [2.45, 2.75) is 39.3 Å². The first-order valence-electron chi connectivity index (χ1n) is 7.10. The summed E-state index contributed by atoms with van der Waals surface area (Å²) in [5.41, 5.74) is 7.74. The van der Waals surface area contributed by atoms with Gasteiger partial charge in [-0.3, -0.25) is 9.69 Å². The minimum absolute atomic E-state index is 0.221. The van der Waals surface area contributed by atoms with Gasteiger partial charge in [0.1, 0.15) is 0 Å². The van der Waals surface area contributed by atoms with Gasteiger partial charge in [0.05, 0.1) is 18.5 Å². The Labute approximate surface area is 132 Å². The molecule has 1 rings (SSSR count). The minimum atomic E-state index is -0.221. The van der Waals surface area contributed by atoms with Crippen LogP contribution in [0.25, 0.3) is 0 Å². The number of hydrogen-bond acceptors (Lipinski definition) is 4. The topological polar surface area (TPSA) is 55.6 Å². The van der Waals surface area contributed by atoms with Crippen molar-refractivity contribution in [1.82, 2.24) is 4.90 Å². The molecule has 0 aliphatic carbocycles. The molecule has 0 amide bonds. The third-order valence-electron chi connectivity index (χ3n) is 3.43. The highest BCUT2D eigenvalue weighted by molar-refractivity contribution is 7.80. The minimum Gasteiger partial charge on any atom is -0.469 e. The quantitative estimate of drug-likeness (QED) is 0.590. The van der Waals surface area contributed by atoms with Gasteiger partial charge in [0.2, 0.25) is 0 Å². The maximum absolute atomic E-state index is 11.5. The molecule has 0 radical (unpaired) electrons. The third-order valence-corrected chi connectivity index (χ3v) is 3.63. The van der Waals surface area contributed by atoms with Crippen molar-refractivity contribution < 1.29 is 9.53 Å². The third kappa shape index (κ3) is 6.23. The number of nitrogens with two attached hydrogens (primary N) is 1. The molecule has 0 heterocycles. The maximum atomic E-state index is 11.5. The summed E-state index contributed by atoms with van der Waals surface area (Å²) in [6.45, 7) is 5.87. The number of thiocarbonyl (C=S) groups is 1. The Morgan fingerprint density at radius 2 is 1.95 bits per heavy atom. The maximum Gasteiger partial charge on any atom is 0.309 e. The molecule has 116 valence electrons. The van der Waals surface area contributed by atoms with E-state index >= 15 is 0 Å². The molecule has 4 nitrogen and oxygen atoms in total. The Kier molecular flexibility index (Phi) is 7.32. The SMILES string of the molecule is COC(=O)Cc1ccccc1CN(CCC(N)=S)C(C)C. The van der Waals surface area contributed by atoms with E-state index < -0.39 is 0 Å². The van der Waals surface area contributed by atoms with Gasteiger partial charge in [-0.2, -0.15) is 0 Å². The number of ether oxygens (including phenoxy) is 1. The van der Waals surface area contributed by atoms with Crippen LogP contribution in [0.4, 0.5) is 0 Å². The second-order valence-electron chi connectivity index (χ2n) is 5.30. The van der Waals surface area contributed by atoms with Crippen molar-refractivity contribution in [2.24, 2.45) is 5.73 Å². The molecule has 1 aromatic rings. The first-order valence-corrected chi connectivity index (χ1v) is 7.50. The van der Waals surface area contributed by atoms with Crippen molar-refractivity contribution in [1.29, 1.82) is 0 Å². The highest BCUT2D eigenvalue weighted by atomic mass is 32.1. The second kappa shape index (κ2) is 8.74. The largest absolute Gasteiger partial charge is 0.469 e. The molecule has 0 unspecified atom stereocenters. The fourth-order valence-electron chi connectivity index (χ4n) is 2.10. The van der Waals surface area contributed by atoms with Gasteiger partial charge in [-0.1, -0.05) is 36.5 Å². The lowest BCUT2D eigenvalue weighted by atomic mass is 10.0. The fraction of sp³-hybridized carbons (Fsp3) is 0.500. The summed E-state index contributed by atoms with van der Waals surface area (Å²) in [5, 5.41) is 0. The van der Waals surface area contributed by atoms with Crippen molar-refractivity contribution >= 4 is 23.2 Å². The number of esters is 1. The number of hydrogen-bond donors (Lipinski definition) is 1. The van der Waals surface area contributed by atoms with Gasteiger partial charge in [0.15, 0.2) is 0 Å². The van der Waals surface area contributed by atoms with Gasteiger partial charge in [0.25, 0.3) is 0 Å². The average molecular weight is 308 g/mol. The fourth-order valence-corrected chi connectivity index (χ4v) is 2.20. The van der Waals surface area contributed by atoms with E-state index in [-0.39, 0.29) is 5.97 Å². The average Bonchev–Trinajstić information content (AvgIpc) is 2.44. The van der Waals surface area contributed by atoms with E-state index in [9.17, 15) is 4.79 Å². The Hall–Kier alpha value is -1.46. The number of methoxy groups -OCH3 is 1. The number of carbonyl (C=O) groups excluding carboxylic acids is 1. The van der Waals surface area contributed by atoms with E-state index in [0.717, 1.165) is 24.2 Å². The molecule has 0 aliphatic heterocycles.